The predicted octanol–water partition coefficient (Wildman–Crippen LogP) is 1.43. The molecule has 88 valence electrons. The van der Waals surface area contributed by atoms with E-state index < -0.39 is 5.97 Å². The standard InChI is InChI=1S/C10H9BrN4O2/c1-15-9(10(16)17-2)7(11)8(14-15)6-5-12-3-4-13-6/h3-5H,1-2H3. The van der Waals surface area contributed by atoms with Crippen LogP contribution >= 0.6 is 15.9 Å². The van der Waals surface area contributed by atoms with Crippen molar-refractivity contribution in [2.75, 3.05) is 7.11 Å². The van der Waals surface area contributed by atoms with Crippen molar-refractivity contribution < 1.29 is 9.53 Å². The van der Waals surface area contributed by atoms with Gasteiger partial charge >= 0.3 is 5.97 Å². The number of carbonyl (C=O) groups is 1. The van der Waals surface area contributed by atoms with Crippen molar-refractivity contribution >= 4 is 21.9 Å². The van der Waals surface area contributed by atoms with E-state index >= 15 is 0 Å². The van der Waals surface area contributed by atoms with E-state index in [0.717, 1.165) is 0 Å². The molecule has 0 saturated heterocycles. The van der Waals surface area contributed by atoms with Crippen LogP contribution in [0.2, 0.25) is 0 Å². The number of ether oxygens (including phenoxy) is 1. The van der Waals surface area contributed by atoms with Crippen LogP contribution in [0.4, 0.5) is 0 Å². The largest absolute Gasteiger partial charge is 0.464 e. The molecule has 0 amide bonds. The first-order chi connectivity index (χ1) is 8.15. The molecular weight excluding hydrogens is 288 g/mol. The zero-order valence-electron chi connectivity index (χ0n) is 9.22. The molecule has 0 aliphatic carbocycles. The average Bonchev–Trinajstić information content (AvgIpc) is 2.65. The van der Waals surface area contributed by atoms with Gasteiger partial charge in [0, 0.05) is 19.4 Å². The zero-order valence-corrected chi connectivity index (χ0v) is 10.8. The van der Waals surface area contributed by atoms with E-state index in [2.05, 4.69) is 35.7 Å². The van der Waals surface area contributed by atoms with Crippen LogP contribution in [0.3, 0.4) is 0 Å². The number of hydrogen-bond donors (Lipinski definition) is 0. The second-order valence-corrected chi connectivity index (χ2v) is 4.01. The van der Waals surface area contributed by atoms with Crippen molar-refractivity contribution in [2.45, 2.75) is 0 Å². The fourth-order valence-electron chi connectivity index (χ4n) is 1.40. The molecular formula is C10H9BrN4O2. The van der Waals surface area contributed by atoms with Gasteiger partial charge in [0.25, 0.3) is 0 Å². The van der Waals surface area contributed by atoms with Gasteiger partial charge < -0.3 is 4.74 Å². The summed E-state index contributed by atoms with van der Waals surface area (Å²) in [5.41, 5.74) is 1.49. The molecule has 7 heteroatoms. The third-order valence-electron chi connectivity index (χ3n) is 2.17. The summed E-state index contributed by atoms with van der Waals surface area (Å²) in [6, 6.07) is 0. The van der Waals surface area contributed by atoms with Crippen molar-refractivity contribution in [3.8, 4) is 11.4 Å². The molecule has 17 heavy (non-hydrogen) atoms. The maximum Gasteiger partial charge on any atom is 0.357 e. The van der Waals surface area contributed by atoms with E-state index in [1.54, 1.807) is 25.6 Å². The Morgan fingerprint density at radius 3 is 2.82 bits per heavy atom. The molecule has 0 N–H and O–H groups in total. The molecule has 6 nitrogen and oxygen atoms in total. The lowest BCUT2D eigenvalue weighted by Crippen LogP contribution is -2.08. The monoisotopic (exact) mass is 296 g/mol. The highest BCUT2D eigenvalue weighted by atomic mass is 79.9. The maximum absolute atomic E-state index is 11.6. The van der Waals surface area contributed by atoms with Crippen molar-refractivity contribution in [3.63, 3.8) is 0 Å². The molecule has 0 aliphatic rings. The molecule has 2 aromatic rings. The van der Waals surface area contributed by atoms with E-state index in [0.29, 0.717) is 21.6 Å². The van der Waals surface area contributed by atoms with Crippen LogP contribution in [0.1, 0.15) is 10.5 Å². The number of aryl methyl sites for hydroxylation is 1. The molecule has 2 heterocycles. The van der Waals surface area contributed by atoms with E-state index in [4.69, 9.17) is 0 Å². The lowest BCUT2D eigenvalue weighted by molar-refractivity contribution is 0.0587. The molecule has 0 saturated carbocycles. The Balaban J connectivity index is 2.56. The Labute approximate surface area is 106 Å². The van der Waals surface area contributed by atoms with Crippen LogP contribution in [-0.2, 0) is 11.8 Å². The SMILES string of the molecule is COC(=O)c1c(Br)c(-c2cnccn2)nn1C. The van der Waals surface area contributed by atoms with Gasteiger partial charge in [-0.05, 0) is 15.9 Å². The van der Waals surface area contributed by atoms with Gasteiger partial charge in [0.15, 0.2) is 5.69 Å². The highest BCUT2D eigenvalue weighted by Crippen LogP contribution is 2.28. The fraction of sp³-hybridized carbons (Fsp3) is 0.200. The predicted molar refractivity (Wildman–Crippen MR) is 63.3 cm³/mol. The lowest BCUT2D eigenvalue weighted by atomic mass is 10.3. The zero-order chi connectivity index (χ0) is 12.4. The molecule has 0 fully saturated rings. The maximum atomic E-state index is 11.6. The van der Waals surface area contributed by atoms with Gasteiger partial charge in [0.1, 0.15) is 11.4 Å². The van der Waals surface area contributed by atoms with Crippen LogP contribution in [-0.4, -0.2) is 32.8 Å². The highest BCUT2D eigenvalue weighted by Gasteiger charge is 2.22. The van der Waals surface area contributed by atoms with Gasteiger partial charge in [-0.15, -0.1) is 0 Å². The number of carbonyl (C=O) groups excluding carboxylic acids is 1. The summed E-state index contributed by atoms with van der Waals surface area (Å²) < 4.78 is 6.67. The van der Waals surface area contributed by atoms with E-state index in [9.17, 15) is 4.79 Å². The van der Waals surface area contributed by atoms with Crippen LogP contribution in [0.15, 0.2) is 23.1 Å². The van der Waals surface area contributed by atoms with Gasteiger partial charge in [0.05, 0.1) is 17.8 Å². The minimum absolute atomic E-state index is 0.341. The van der Waals surface area contributed by atoms with Crippen molar-refractivity contribution in [1.82, 2.24) is 19.7 Å². The third-order valence-corrected chi connectivity index (χ3v) is 2.93. The van der Waals surface area contributed by atoms with E-state index in [1.165, 1.54) is 11.8 Å². The van der Waals surface area contributed by atoms with Crippen molar-refractivity contribution in [3.05, 3.63) is 28.8 Å². The van der Waals surface area contributed by atoms with Gasteiger partial charge in [0.2, 0.25) is 0 Å². The molecule has 2 aromatic heterocycles. The van der Waals surface area contributed by atoms with Gasteiger partial charge in [-0.2, -0.15) is 5.10 Å². The molecule has 0 aromatic carbocycles. The molecule has 0 spiro atoms. The van der Waals surface area contributed by atoms with Crippen molar-refractivity contribution in [2.24, 2.45) is 7.05 Å². The number of rotatable bonds is 2. The minimum atomic E-state index is -0.456. The number of aromatic nitrogens is 4. The smallest absolute Gasteiger partial charge is 0.357 e. The number of esters is 1. The number of halogens is 1. The van der Waals surface area contributed by atoms with Gasteiger partial charge in [-0.3, -0.25) is 14.6 Å². The topological polar surface area (TPSA) is 69.9 Å². The number of nitrogens with zero attached hydrogens (tertiary/aromatic N) is 4. The first-order valence-corrected chi connectivity index (χ1v) is 5.51. The molecule has 0 unspecified atom stereocenters. The fourth-order valence-corrected chi connectivity index (χ4v) is 2.10. The van der Waals surface area contributed by atoms with Crippen LogP contribution < -0.4 is 0 Å². The summed E-state index contributed by atoms with van der Waals surface area (Å²) in [6.45, 7) is 0. The molecule has 2 rings (SSSR count). The first-order valence-electron chi connectivity index (χ1n) is 4.72. The second kappa shape index (κ2) is 4.62. The quantitative estimate of drug-likeness (QED) is 0.784. The summed E-state index contributed by atoms with van der Waals surface area (Å²) in [6.07, 6.45) is 4.71. The molecule has 0 bridgehead atoms. The molecule has 0 radical (unpaired) electrons. The number of methoxy groups -OCH3 is 1. The van der Waals surface area contributed by atoms with E-state index in [1.807, 2.05) is 0 Å². The summed E-state index contributed by atoms with van der Waals surface area (Å²) in [5.74, 6) is -0.456. The molecule has 0 aliphatic heterocycles. The Morgan fingerprint density at radius 1 is 1.47 bits per heavy atom. The average molecular weight is 297 g/mol. The van der Waals surface area contributed by atoms with Crippen LogP contribution in [0.25, 0.3) is 11.4 Å². The van der Waals surface area contributed by atoms with Gasteiger partial charge in [-0.1, -0.05) is 0 Å². The number of hydrogen-bond acceptors (Lipinski definition) is 5. The third kappa shape index (κ3) is 2.05. The second-order valence-electron chi connectivity index (χ2n) is 3.22. The molecule has 0 atom stereocenters. The summed E-state index contributed by atoms with van der Waals surface area (Å²) in [7, 11) is 2.99. The van der Waals surface area contributed by atoms with Crippen molar-refractivity contribution in [1.29, 1.82) is 0 Å². The Kier molecular flexibility index (Phi) is 3.19. The van der Waals surface area contributed by atoms with Gasteiger partial charge in [-0.25, -0.2) is 4.79 Å². The van der Waals surface area contributed by atoms with E-state index in [-0.39, 0.29) is 0 Å². The Morgan fingerprint density at radius 2 is 2.24 bits per heavy atom. The minimum Gasteiger partial charge on any atom is -0.464 e. The summed E-state index contributed by atoms with van der Waals surface area (Å²) in [4.78, 5) is 19.6. The highest BCUT2D eigenvalue weighted by molar-refractivity contribution is 9.10. The lowest BCUT2D eigenvalue weighted by Gasteiger charge is -1.98. The Bertz CT molecular complexity index is 553. The summed E-state index contributed by atoms with van der Waals surface area (Å²) in [5, 5.41) is 4.22. The van der Waals surface area contributed by atoms with Crippen LogP contribution in [0, 0.1) is 0 Å². The summed E-state index contributed by atoms with van der Waals surface area (Å²) >= 11 is 3.33. The first kappa shape index (κ1) is 11.7. The Hall–Kier alpha value is -1.76. The normalized spacial score (nSPS) is 10.3. The van der Waals surface area contributed by atoms with Crippen LogP contribution in [0.5, 0.6) is 0 Å².